The first-order valence-electron chi connectivity index (χ1n) is 12.6. The van der Waals surface area contributed by atoms with Gasteiger partial charge in [0, 0.05) is 42.3 Å². The van der Waals surface area contributed by atoms with E-state index in [0.717, 1.165) is 61.3 Å². The van der Waals surface area contributed by atoms with Crippen molar-refractivity contribution >= 4 is 29.2 Å². The fourth-order valence-corrected chi connectivity index (χ4v) is 5.51. The summed E-state index contributed by atoms with van der Waals surface area (Å²) in [6, 6.07) is 15.8. The minimum Gasteiger partial charge on any atom is -0.512 e. The lowest BCUT2D eigenvalue weighted by atomic mass is 9.92. The molecule has 2 aromatic carbocycles. The van der Waals surface area contributed by atoms with Crippen LogP contribution in [0, 0.1) is 0 Å². The molecule has 3 aromatic rings. The van der Waals surface area contributed by atoms with E-state index in [2.05, 4.69) is 51.4 Å². The number of allylic oxidation sites excluding steroid dienone is 1. The zero-order valence-electron chi connectivity index (χ0n) is 21.2. The fraction of sp³-hybridized carbons (Fsp3) is 0.393. The molecule has 5 rings (SSSR count). The maximum absolute atomic E-state index is 12.7. The maximum Gasteiger partial charge on any atom is 0.413 e. The van der Waals surface area contributed by atoms with Gasteiger partial charge in [-0.15, -0.1) is 5.10 Å². The molecule has 2 heterocycles. The Morgan fingerprint density at radius 1 is 1.19 bits per heavy atom. The van der Waals surface area contributed by atoms with Gasteiger partial charge < -0.3 is 14.7 Å². The summed E-state index contributed by atoms with van der Waals surface area (Å²) in [4.78, 5) is 15.1. The highest BCUT2D eigenvalue weighted by Gasteiger charge is 2.47. The van der Waals surface area contributed by atoms with Gasteiger partial charge in [0.1, 0.15) is 11.8 Å². The van der Waals surface area contributed by atoms with E-state index < -0.39 is 12.2 Å². The first-order chi connectivity index (χ1) is 17.8. The summed E-state index contributed by atoms with van der Waals surface area (Å²) in [5.74, 6) is 0.989. The molecule has 194 valence electrons. The van der Waals surface area contributed by atoms with Gasteiger partial charge in [-0.25, -0.2) is 9.48 Å². The quantitative estimate of drug-likeness (QED) is 0.356. The summed E-state index contributed by atoms with van der Waals surface area (Å²) in [5, 5.41) is 21.9. The number of hydrogen-bond donors (Lipinski definition) is 2. The molecule has 2 N–H and O–H groups in total. The van der Waals surface area contributed by atoms with Gasteiger partial charge in [0.15, 0.2) is 5.82 Å². The Bertz CT molecular complexity index is 1290. The van der Waals surface area contributed by atoms with Gasteiger partial charge in [-0.3, -0.25) is 5.32 Å². The Hall–Kier alpha value is -3.52. The average molecular weight is 522 g/mol. The lowest BCUT2D eigenvalue weighted by Crippen LogP contribution is -2.33. The molecule has 1 aliphatic carbocycles. The Balaban J connectivity index is 1.20. The highest BCUT2D eigenvalue weighted by Crippen LogP contribution is 2.52. The van der Waals surface area contributed by atoms with Crippen molar-refractivity contribution in [3.63, 3.8) is 0 Å². The van der Waals surface area contributed by atoms with Crippen LogP contribution < -0.4 is 10.2 Å². The van der Waals surface area contributed by atoms with E-state index in [1.54, 1.807) is 24.7 Å². The van der Waals surface area contributed by atoms with Crippen LogP contribution in [-0.2, 0) is 17.2 Å². The number of hydrogen-bond acceptors (Lipinski definition) is 6. The number of amides is 1. The van der Waals surface area contributed by atoms with Crippen LogP contribution in [0.5, 0.6) is 0 Å². The Labute approximate surface area is 221 Å². The highest BCUT2D eigenvalue weighted by atomic mass is 35.5. The molecule has 1 saturated carbocycles. The van der Waals surface area contributed by atoms with Crippen molar-refractivity contribution in [2.75, 3.05) is 23.3 Å². The van der Waals surface area contributed by atoms with Crippen molar-refractivity contribution < 1.29 is 14.6 Å². The molecular weight excluding hydrogens is 490 g/mol. The van der Waals surface area contributed by atoms with Crippen LogP contribution in [0.3, 0.4) is 0 Å². The number of ether oxygens (including phenoxy) is 1. The third-order valence-electron chi connectivity index (χ3n) is 7.67. The summed E-state index contributed by atoms with van der Waals surface area (Å²) < 4.78 is 7.16. The number of aryl methyl sites for hydroxylation is 1. The molecule has 8 nitrogen and oxygen atoms in total. The Morgan fingerprint density at radius 2 is 1.86 bits per heavy atom. The zero-order valence-corrected chi connectivity index (χ0v) is 21.9. The van der Waals surface area contributed by atoms with Gasteiger partial charge in [0.2, 0.25) is 0 Å². The average Bonchev–Trinajstić information content (AvgIpc) is 3.64. The lowest BCUT2D eigenvalue weighted by Gasteiger charge is -2.33. The molecule has 0 spiro atoms. The summed E-state index contributed by atoms with van der Waals surface area (Å²) in [5.41, 5.74) is 3.57. The van der Waals surface area contributed by atoms with Crippen LogP contribution in [0.2, 0.25) is 5.02 Å². The number of rotatable bonds is 7. The molecule has 2 aliphatic rings. The molecule has 37 heavy (non-hydrogen) atoms. The van der Waals surface area contributed by atoms with Crippen LogP contribution in [0.1, 0.15) is 61.4 Å². The number of carbonyl (C=O) groups is 1. The third-order valence-corrected chi connectivity index (χ3v) is 8.01. The summed E-state index contributed by atoms with van der Waals surface area (Å²) in [6.07, 6.45) is 2.60. The van der Waals surface area contributed by atoms with E-state index in [-0.39, 0.29) is 17.1 Å². The first-order valence-corrected chi connectivity index (χ1v) is 13.0. The largest absolute Gasteiger partial charge is 0.512 e. The number of aliphatic hydroxyl groups excluding tert-OH is 1. The molecule has 0 radical (unpaired) electrons. The van der Waals surface area contributed by atoms with Gasteiger partial charge >= 0.3 is 6.09 Å². The minimum absolute atomic E-state index is 0.174. The topological polar surface area (TPSA) is 92.5 Å². The normalized spacial score (nSPS) is 17.8. The lowest BCUT2D eigenvalue weighted by molar-refractivity contribution is 0.121. The Kier molecular flexibility index (Phi) is 6.86. The van der Waals surface area contributed by atoms with Crippen molar-refractivity contribution in [3.8, 4) is 0 Å². The van der Waals surface area contributed by atoms with Gasteiger partial charge in [-0.2, -0.15) is 0 Å². The third kappa shape index (κ3) is 5.03. The summed E-state index contributed by atoms with van der Waals surface area (Å²) in [7, 11) is 1.76. The van der Waals surface area contributed by atoms with Crippen molar-refractivity contribution in [2.24, 2.45) is 7.05 Å². The van der Waals surface area contributed by atoms with E-state index in [1.807, 2.05) is 18.2 Å². The minimum atomic E-state index is -0.574. The molecule has 1 amide bonds. The van der Waals surface area contributed by atoms with Crippen molar-refractivity contribution in [3.05, 3.63) is 82.7 Å². The van der Waals surface area contributed by atoms with Gasteiger partial charge in [-0.05, 0) is 56.4 Å². The van der Waals surface area contributed by atoms with Crippen LogP contribution in [0.25, 0.3) is 0 Å². The fourth-order valence-electron chi connectivity index (χ4n) is 5.22. The van der Waals surface area contributed by atoms with Gasteiger partial charge in [0.25, 0.3) is 0 Å². The molecule has 1 aliphatic heterocycles. The highest BCUT2D eigenvalue weighted by molar-refractivity contribution is 6.31. The molecule has 0 unspecified atom stereocenters. The number of aliphatic hydroxyl groups is 1. The molecule has 1 saturated heterocycles. The SMILES string of the molecule is C=C(O)C1(c2ccc(N3CCC(c4nnn(C)c4NC(=O)O[C@H](C)c4ccccc4Cl)CC3)cc2)CC1. The van der Waals surface area contributed by atoms with Crippen molar-refractivity contribution in [1.29, 1.82) is 0 Å². The zero-order chi connectivity index (χ0) is 26.2. The maximum atomic E-state index is 12.7. The number of nitrogens with zero attached hydrogens (tertiary/aromatic N) is 4. The van der Waals surface area contributed by atoms with E-state index in [0.29, 0.717) is 10.8 Å². The summed E-state index contributed by atoms with van der Waals surface area (Å²) in [6.45, 7) is 7.29. The van der Waals surface area contributed by atoms with Gasteiger partial charge in [-0.1, -0.05) is 53.7 Å². The number of benzene rings is 2. The van der Waals surface area contributed by atoms with E-state index in [1.165, 1.54) is 0 Å². The number of anilines is 2. The first kappa shape index (κ1) is 25.1. The number of nitrogens with one attached hydrogen (secondary N) is 1. The molecule has 2 fully saturated rings. The monoisotopic (exact) mass is 521 g/mol. The van der Waals surface area contributed by atoms with Crippen LogP contribution in [-0.4, -0.2) is 39.3 Å². The molecule has 9 heteroatoms. The second kappa shape index (κ2) is 10.1. The predicted octanol–water partition coefficient (Wildman–Crippen LogP) is 6.27. The number of aromatic nitrogens is 3. The standard InChI is InChI=1S/C28H32ClN5O3/c1-18(23-6-4-5-7-24(23)29)37-27(36)30-26-25(31-32-33(26)3)20-12-16-34(17-13-20)22-10-8-21(9-11-22)28(14-15-28)19(2)35/h4-11,18,20,35H,2,12-17H2,1,3H3,(H,30,36)/t18-/m1/s1. The molecule has 1 atom stereocenters. The van der Waals surface area contributed by atoms with Crippen molar-refractivity contribution in [1.82, 2.24) is 15.0 Å². The second-order valence-electron chi connectivity index (χ2n) is 9.98. The molecule has 0 bridgehead atoms. The number of carbonyl (C=O) groups excluding carboxylic acids is 1. The van der Waals surface area contributed by atoms with Crippen LogP contribution in [0.4, 0.5) is 16.3 Å². The van der Waals surface area contributed by atoms with E-state index in [4.69, 9.17) is 16.3 Å². The smallest absolute Gasteiger partial charge is 0.413 e. The van der Waals surface area contributed by atoms with Crippen LogP contribution in [0.15, 0.2) is 60.9 Å². The Morgan fingerprint density at radius 3 is 2.49 bits per heavy atom. The van der Waals surface area contributed by atoms with Crippen molar-refractivity contribution in [2.45, 2.75) is 50.0 Å². The van der Waals surface area contributed by atoms with Gasteiger partial charge in [0.05, 0.1) is 11.2 Å². The number of halogens is 1. The summed E-state index contributed by atoms with van der Waals surface area (Å²) >= 11 is 6.24. The molecular formula is C28H32ClN5O3. The predicted molar refractivity (Wildman–Crippen MR) is 144 cm³/mol. The second-order valence-corrected chi connectivity index (χ2v) is 10.4. The number of piperidine rings is 1. The van der Waals surface area contributed by atoms with E-state index in [9.17, 15) is 9.90 Å². The molecule has 1 aromatic heterocycles. The van der Waals surface area contributed by atoms with Crippen LogP contribution >= 0.6 is 11.6 Å². The van der Waals surface area contributed by atoms with E-state index >= 15 is 0 Å².